The Morgan fingerprint density at radius 3 is 2.12 bits per heavy atom. The third-order valence-corrected chi connectivity index (χ3v) is 5.15. The Labute approximate surface area is 201 Å². The van der Waals surface area contributed by atoms with Crippen molar-refractivity contribution in [3.8, 4) is 0 Å². The summed E-state index contributed by atoms with van der Waals surface area (Å²) in [4.78, 5) is 36.8. The van der Waals surface area contributed by atoms with Crippen molar-refractivity contribution in [2.24, 2.45) is 10.8 Å². The minimum Gasteiger partial charge on any atom is -0.462 e. The highest BCUT2D eigenvalue weighted by molar-refractivity contribution is 5.76. The number of amides is 1. The van der Waals surface area contributed by atoms with Crippen LogP contribution in [0.3, 0.4) is 0 Å². The predicted molar refractivity (Wildman–Crippen MR) is 123 cm³/mol. The summed E-state index contributed by atoms with van der Waals surface area (Å²) >= 11 is 0. The van der Waals surface area contributed by atoms with Gasteiger partial charge in [0.05, 0.1) is 17.4 Å². The van der Waals surface area contributed by atoms with Gasteiger partial charge < -0.3 is 29.4 Å². The molecule has 1 aromatic carbocycles. The van der Waals surface area contributed by atoms with Crippen LogP contribution in [0.25, 0.3) is 0 Å². The number of rotatable bonds is 7. The number of nitrogens with one attached hydrogen (secondary N) is 1. The summed E-state index contributed by atoms with van der Waals surface area (Å²) < 4.78 is 22.9. The zero-order valence-electron chi connectivity index (χ0n) is 21.0. The maximum atomic E-state index is 12.6. The van der Waals surface area contributed by atoms with Gasteiger partial charge in [-0.05, 0) is 47.1 Å². The van der Waals surface area contributed by atoms with E-state index in [-0.39, 0.29) is 13.2 Å². The van der Waals surface area contributed by atoms with E-state index in [1.807, 2.05) is 30.3 Å². The maximum absolute atomic E-state index is 12.6. The van der Waals surface area contributed by atoms with Gasteiger partial charge in [0.1, 0.15) is 24.9 Å². The van der Waals surface area contributed by atoms with Crippen LogP contribution in [0.1, 0.15) is 54.0 Å². The number of hydrogen-bond donors (Lipinski definition) is 2. The normalized spacial score (nSPS) is 25.4. The van der Waals surface area contributed by atoms with Gasteiger partial charge in [0, 0.05) is 6.92 Å². The molecule has 0 spiro atoms. The van der Waals surface area contributed by atoms with Crippen molar-refractivity contribution < 1.29 is 38.4 Å². The lowest BCUT2D eigenvalue weighted by Gasteiger charge is -2.44. The first kappa shape index (κ1) is 27.8. The molecule has 5 atom stereocenters. The van der Waals surface area contributed by atoms with Crippen LogP contribution in [-0.4, -0.2) is 60.2 Å². The van der Waals surface area contributed by atoms with Crippen LogP contribution < -0.4 is 5.32 Å². The van der Waals surface area contributed by atoms with Crippen molar-refractivity contribution in [3.05, 3.63) is 35.9 Å². The number of benzene rings is 1. The molecule has 1 aromatic rings. The molecule has 34 heavy (non-hydrogen) atoms. The van der Waals surface area contributed by atoms with E-state index >= 15 is 0 Å². The first-order valence-electron chi connectivity index (χ1n) is 11.3. The standard InChI is InChI=1S/C25H37NO8/c1-15(27)26-18-19(28)20(34-23(30)25(5,6)7)17(14-32-22(29)24(2,3)4)33-21(18)31-13-16-11-9-8-10-12-16/h8-12,17-21,28H,13-14H2,1-7H3,(H,26,27)/t17-,18-,19-,20+,21+/m1/s1. The first-order chi connectivity index (χ1) is 15.7. The third-order valence-electron chi connectivity index (χ3n) is 5.15. The molecule has 2 rings (SSSR count). The van der Waals surface area contributed by atoms with E-state index in [1.54, 1.807) is 41.5 Å². The maximum Gasteiger partial charge on any atom is 0.311 e. The quantitative estimate of drug-likeness (QED) is 0.572. The van der Waals surface area contributed by atoms with E-state index in [9.17, 15) is 19.5 Å². The second-order valence-corrected chi connectivity index (χ2v) is 10.5. The molecule has 1 saturated heterocycles. The Kier molecular flexibility index (Phi) is 9.22. The van der Waals surface area contributed by atoms with Crippen LogP contribution in [0.15, 0.2) is 30.3 Å². The number of ether oxygens (including phenoxy) is 4. The SMILES string of the molecule is CC(=O)N[C@H]1[C@@H](OCc2ccccc2)O[C@H](COC(=O)C(C)(C)C)[C@H](OC(=O)C(C)(C)C)[C@@H]1O. The lowest BCUT2D eigenvalue weighted by atomic mass is 9.94. The number of carbonyl (C=O) groups is 3. The van der Waals surface area contributed by atoms with Crippen molar-refractivity contribution in [2.75, 3.05) is 6.61 Å². The minimum absolute atomic E-state index is 0.148. The Morgan fingerprint density at radius 1 is 1.00 bits per heavy atom. The summed E-state index contributed by atoms with van der Waals surface area (Å²) in [5.41, 5.74) is -0.747. The van der Waals surface area contributed by atoms with Crippen molar-refractivity contribution in [2.45, 2.75) is 85.7 Å². The fourth-order valence-electron chi connectivity index (χ4n) is 3.16. The summed E-state index contributed by atoms with van der Waals surface area (Å²) in [6.45, 7) is 11.3. The first-order valence-corrected chi connectivity index (χ1v) is 11.3. The average molecular weight is 480 g/mol. The van der Waals surface area contributed by atoms with Gasteiger partial charge >= 0.3 is 11.9 Å². The zero-order chi connectivity index (χ0) is 25.7. The highest BCUT2D eigenvalue weighted by atomic mass is 16.7. The van der Waals surface area contributed by atoms with Crippen LogP contribution in [0.5, 0.6) is 0 Å². The third kappa shape index (κ3) is 7.78. The molecule has 1 aliphatic rings. The van der Waals surface area contributed by atoms with Crippen molar-refractivity contribution in [1.82, 2.24) is 5.32 Å². The van der Waals surface area contributed by atoms with Crippen molar-refractivity contribution >= 4 is 17.8 Å². The summed E-state index contributed by atoms with van der Waals surface area (Å²) in [6, 6.07) is 8.30. The van der Waals surface area contributed by atoms with Gasteiger partial charge in [0.15, 0.2) is 12.4 Å². The van der Waals surface area contributed by atoms with E-state index in [4.69, 9.17) is 18.9 Å². The number of carbonyl (C=O) groups excluding carboxylic acids is 3. The monoisotopic (exact) mass is 479 g/mol. The Balaban J connectivity index is 2.29. The molecular formula is C25H37NO8. The zero-order valence-corrected chi connectivity index (χ0v) is 21.0. The summed E-state index contributed by atoms with van der Waals surface area (Å²) in [7, 11) is 0. The summed E-state index contributed by atoms with van der Waals surface area (Å²) in [6.07, 6.45) is -4.67. The lowest BCUT2D eigenvalue weighted by molar-refractivity contribution is -0.280. The van der Waals surface area contributed by atoms with Gasteiger partial charge in [-0.15, -0.1) is 0 Å². The molecule has 190 valence electrons. The van der Waals surface area contributed by atoms with Crippen LogP contribution in [0.2, 0.25) is 0 Å². The molecule has 1 aliphatic heterocycles. The Morgan fingerprint density at radius 2 is 1.59 bits per heavy atom. The number of aliphatic hydroxyl groups excluding tert-OH is 1. The van der Waals surface area contributed by atoms with E-state index in [0.717, 1.165) is 5.56 Å². The predicted octanol–water partition coefficient (Wildman–Crippen LogP) is 2.34. The van der Waals surface area contributed by atoms with Crippen molar-refractivity contribution in [1.29, 1.82) is 0 Å². The second-order valence-electron chi connectivity index (χ2n) is 10.5. The highest BCUT2D eigenvalue weighted by Gasteiger charge is 2.49. The molecule has 9 heteroatoms. The molecule has 1 amide bonds. The summed E-state index contributed by atoms with van der Waals surface area (Å²) in [5, 5.41) is 13.8. The lowest BCUT2D eigenvalue weighted by Crippen LogP contribution is -2.65. The van der Waals surface area contributed by atoms with Crippen LogP contribution >= 0.6 is 0 Å². The Hall–Kier alpha value is -2.49. The largest absolute Gasteiger partial charge is 0.462 e. The Bertz CT molecular complexity index is 843. The smallest absolute Gasteiger partial charge is 0.311 e. The number of esters is 2. The highest BCUT2D eigenvalue weighted by Crippen LogP contribution is 2.29. The molecule has 1 heterocycles. The fourth-order valence-corrected chi connectivity index (χ4v) is 3.16. The van der Waals surface area contributed by atoms with Gasteiger partial charge in [-0.25, -0.2) is 0 Å². The average Bonchev–Trinajstić information content (AvgIpc) is 2.73. The van der Waals surface area contributed by atoms with Gasteiger partial charge in [0.25, 0.3) is 0 Å². The van der Waals surface area contributed by atoms with Gasteiger partial charge in [-0.1, -0.05) is 30.3 Å². The molecule has 0 saturated carbocycles. The second kappa shape index (κ2) is 11.3. The van der Waals surface area contributed by atoms with Crippen LogP contribution in [0.4, 0.5) is 0 Å². The van der Waals surface area contributed by atoms with Crippen LogP contribution in [0, 0.1) is 10.8 Å². The van der Waals surface area contributed by atoms with E-state index in [0.29, 0.717) is 0 Å². The molecule has 0 bridgehead atoms. The van der Waals surface area contributed by atoms with E-state index in [1.165, 1.54) is 6.92 Å². The molecule has 0 unspecified atom stereocenters. The molecule has 0 radical (unpaired) electrons. The molecule has 0 aromatic heterocycles. The molecule has 9 nitrogen and oxygen atoms in total. The van der Waals surface area contributed by atoms with Crippen LogP contribution in [-0.2, 0) is 39.9 Å². The fraction of sp³-hybridized carbons (Fsp3) is 0.640. The van der Waals surface area contributed by atoms with Gasteiger partial charge in [0.2, 0.25) is 5.91 Å². The summed E-state index contributed by atoms with van der Waals surface area (Å²) in [5.74, 6) is -1.46. The molecule has 1 fully saturated rings. The molecular weight excluding hydrogens is 442 g/mol. The topological polar surface area (TPSA) is 120 Å². The van der Waals surface area contributed by atoms with E-state index < -0.39 is 59.3 Å². The molecule has 0 aliphatic carbocycles. The van der Waals surface area contributed by atoms with Gasteiger partial charge in [-0.3, -0.25) is 14.4 Å². The van der Waals surface area contributed by atoms with Gasteiger partial charge in [-0.2, -0.15) is 0 Å². The number of aliphatic hydroxyl groups is 1. The molecule has 2 N–H and O–H groups in total. The minimum atomic E-state index is -1.37. The number of hydrogen-bond acceptors (Lipinski definition) is 8. The van der Waals surface area contributed by atoms with Crippen molar-refractivity contribution in [3.63, 3.8) is 0 Å². The van der Waals surface area contributed by atoms with E-state index in [2.05, 4.69) is 5.32 Å².